The number of ether oxygens (including phenoxy) is 1. The third-order valence-electron chi connectivity index (χ3n) is 4.14. The predicted molar refractivity (Wildman–Crippen MR) is 82.8 cm³/mol. The van der Waals surface area contributed by atoms with Crippen LogP contribution in [0.1, 0.15) is 31.4 Å². The van der Waals surface area contributed by atoms with Crippen molar-refractivity contribution in [3.8, 4) is 5.75 Å². The minimum atomic E-state index is -0.297. The highest BCUT2D eigenvalue weighted by Gasteiger charge is 2.09. The van der Waals surface area contributed by atoms with Crippen LogP contribution < -0.4 is 5.43 Å². The van der Waals surface area contributed by atoms with Gasteiger partial charge in [-0.05, 0) is 26.3 Å². The van der Waals surface area contributed by atoms with E-state index >= 15 is 0 Å². The van der Waals surface area contributed by atoms with Crippen LogP contribution in [-0.2, 0) is 11.3 Å². The first-order valence-electron chi connectivity index (χ1n) is 7.87. The molecule has 1 saturated heterocycles. The summed E-state index contributed by atoms with van der Waals surface area (Å²) in [6.45, 7) is 7.68. The highest BCUT2D eigenvalue weighted by Crippen LogP contribution is 2.11. The second-order valence-corrected chi connectivity index (χ2v) is 5.68. The van der Waals surface area contributed by atoms with Crippen LogP contribution in [0.2, 0.25) is 0 Å². The number of pyridine rings is 1. The molecule has 0 saturated carbocycles. The van der Waals surface area contributed by atoms with Crippen molar-refractivity contribution in [1.82, 2.24) is 9.47 Å². The Balaban J connectivity index is 1.61. The molecule has 21 heavy (non-hydrogen) atoms. The van der Waals surface area contributed by atoms with E-state index in [2.05, 4.69) is 4.90 Å². The molecular formula is C16H26N2O3. The molecule has 5 nitrogen and oxygen atoms in total. The van der Waals surface area contributed by atoms with Crippen molar-refractivity contribution in [2.24, 2.45) is 0 Å². The summed E-state index contributed by atoms with van der Waals surface area (Å²) in [4.78, 5) is 13.7. The second kappa shape index (κ2) is 8.20. The van der Waals surface area contributed by atoms with Gasteiger partial charge in [0.15, 0.2) is 5.75 Å². The Hall–Kier alpha value is -1.33. The number of morpholine rings is 1. The average Bonchev–Trinajstić information content (AvgIpc) is 2.51. The van der Waals surface area contributed by atoms with Crippen molar-refractivity contribution in [1.29, 1.82) is 0 Å². The molecule has 0 unspecified atom stereocenters. The van der Waals surface area contributed by atoms with Gasteiger partial charge >= 0.3 is 0 Å². The number of hydrogen-bond donors (Lipinski definition) is 1. The Morgan fingerprint density at radius 2 is 1.81 bits per heavy atom. The molecule has 0 aromatic carbocycles. The molecule has 1 aromatic rings. The van der Waals surface area contributed by atoms with Gasteiger partial charge in [0.05, 0.1) is 18.9 Å². The van der Waals surface area contributed by atoms with E-state index in [9.17, 15) is 9.90 Å². The summed E-state index contributed by atoms with van der Waals surface area (Å²) in [5.41, 5.74) is 0.366. The van der Waals surface area contributed by atoms with Gasteiger partial charge in [0.2, 0.25) is 5.43 Å². The summed E-state index contributed by atoms with van der Waals surface area (Å²) in [6.07, 6.45) is 6.48. The highest BCUT2D eigenvalue weighted by molar-refractivity contribution is 5.25. The molecule has 2 rings (SSSR count). The Morgan fingerprint density at radius 3 is 2.52 bits per heavy atom. The monoisotopic (exact) mass is 294 g/mol. The largest absolute Gasteiger partial charge is 0.503 e. The number of aromatic hydroxyl groups is 1. The number of aryl methyl sites for hydroxylation is 1. The smallest absolute Gasteiger partial charge is 0.223 e. The quantitative estimate of drug-likeness (QED) is 0.779. The molecule has 0 spiro atoms. The van der Waals surface area contributed by atoms with E-state index in [4.69, 9.17) is 4.74 Å². The van der Waals surface area contributed by atoms with Crippen LogP contribution in [0.4, 0.5) is 0 Å². The molecule has 1 aliphatic rings. The number of nitrogens with zero attached hydrogens (tertiary/aromatic N) is 2. The van der Waals surface area contributed by atoms with Crippen molar-refractivity contribution >= 4 is 0 Å². The lowest BCUT2D eigenvalue weighted by Gasteiger charge is -2.26. The lowest BCUT2D eigenvalue weighted by molar-refractivity contribution is 0.0371. The molecule has 2 heterocycles. The van der Waals surface area contributed by atoms with Gasteiger partial charge in [0, 0.05) is 31.9 Å². The minimum Gasteiger partial charge on any atom is -0.503 e. The van der Waals surface area contributed by atoms with E-state index in [1.165, 1.54) is 31.9 Å². The van der Waals surface area contributed by atoms with Gasteiger partial charge in [-0.2, -0.15) is 0 Å². The van der Waals surface area contributed by atoms with Crippen LogP contribution >= 0.6 is 0 Å². The molecule has 1 N–H and O–H groups in total. The fourth-order valence-corrected chi connectivity index (χ4v) is 2.70. The van der Waals surface area contributed by atoms with Crippen molar-refractivity contribution in [2.45, 2.75) is 39.2 Å². The Labute approximate surface area is 126 Å². The molecule has 1 fully saturated rings. The lowest BCUT2D eigenvalue weighted by atomic mass is 10.1. The summed E-state index contributed by atoms with van der Waals surface area (Å²) in [5, 5.41) is 9.62. The normalized spacial score (nSPS) is 16.2. The molecule has 1 aromatic heterocycles. The standard InChI is InChI=1S/C16H26N2O3/c1-14-16(20)15(19)6-9-18(14)8-5-3-2-4-7-17-10-12-21-13-11-17/h6,9,20H,2-5,7-8,10-13H2,1H3. The van der Waals surface area contributed by atoms with Gasteiger partial charge in [-0.1, -0.05) is 12.8 Å². The van der Waals surface area contributed by atoms with E-state index in [0.29, 0.717) is 5.69 Å². The fraction of sp³-hybridized carbons (Fsp3) is 0.688. The zero-order valence-electron chi connectivity index (χ0n) is 12.9. The third-order valence-corrected chi connectivity index (χ3v) is 4.14. The van der Waals surface area contributed by atoms with Crippen molar-refractivity contribution in [3.05, 3.63) is 28.2 Å². The zero-order valence-corrected chi connectivity index (χ0v) is 12.9. The van der Waals surface area contributed by atoms with E-state index in [1.54, 1.807) is 13.1 Å². The molecule has 0 atom stereocenters. The predicted octanol–water partition coefficient (Wildman–Crippen LogP) is 1.75. The van der Waals surface area contributed by atoms with Crippen LogP contribution in [0.5, 0.6) is 5.75 Å². The summed E-state index contributed by atoms with van der Waals surface area (Å²) in [5.74, 6) is -0.121. The van der Waals surface area contributed by atoms with Crippen molar-refractivity contribution < 1.29 is 9.84 Å². The van der Waals surface area contributed by atoms with Gasteiger partial charge in [0.25, 0.3) is 0 Å². The van der Waals surface area contributed by atoms with Crippen LogP contribution in [0.15, 0.2) is 17.1 Å². The molecular weight excluding hydrogens is 268 g/mol. The summed E-state index contributed by atoms with van der Waals surface area (Å²) in [7, 11) is 0. The molecule has 118 valence electrons. The van der Waals surface area contributed by atoms with Crippen molar-refractivity contribution in [2.75, 3.05) is 32.8 Å². The van der Waals surface area contributed by atoms with Crippen molar-refractivity contribution in [3.63, 3.8) is 0 Å². The fourth-order valence-electron chi connectivity index (χ4n) is 2.70. The van der Waals surface area contributed by atoms with E-state index in [0.717, 1.165) is 39.3 Å². The molecule has 0 radical (unpaired) electrons. The Morgan fingerprint density at radius 1 is 1.14 bits per heavy atom. The third kappa shape index (κ3) is 4.86. The summed E-state index contributed by atoms with van der Waals surface area (Å²) >= 11 is 0. The zero-order chi connectivity index (χ0) is 15.1. The first-order chi connectivity index (χ1) is 10.2. The minimum absolute atomic E-state index is 0.121. The van der Waals surface area contributed by atoms with Crippen LogP contribution in [0.25, 0.3) is 0 Å². The molecule has 1 aliphatic heterocycles. The average molecular weight is 294 g/mol. The number of hydrogen-bond acceptors (Lipinski definition) is 4. The lowest BCUT2D eigenvalue weighted by Crippen LogP contribution is -2.36. The summed E-state index contributed by atoms with van der Waals surface area (Å²) < 4.78 is 7.29. The van der Waals surface area contributed by atoms with E-state index < -0.39 is 0 Å². The molecule has 0 bridgehead atoms. The van der Waals surface area contributed by atoms with Gasteiger partial charge in [-0.25, -0.2) is 0 Å². The van der Waals surface area contributed by atoms with E-state index in [-0.39, 0.29) is 11.2 Å². The van der Waals surface area contributed by atoms with Crippen LogP contribution in [0.3, 0.4) is 0 Å². The second-order valence-electron chi connectivity index (χ2n) is 5.68. The molecule has 0 aliphatic carbocycles. The maximum atomic E-state index is 11.3. The first kappa shape index (κ1) is 16.0. The summed E-state index contributed by atoms with van der Waals surface area (Å²) in [6, 6.07) is 1.43. The van der Waals surface area contributed by atoms with Gasteiger partial charge < -0.3 is 14.4 Å². The van der Waals surface area contributed by atoms with Gasteiger partial charge in [-0.3, -0.25) is 9.69 Å². The van der Waals surface area contributed by atoms with Gasteiger partial charge in [-0.15, -0.1) is 0 Å². The Bertz CT molecular complexity index is 493. The van der Waals surface area contributed by atoms with Crippen LogP contribution in [-0.4, -0.2) is 47.4 Å². The highest BCUT2D eigenvalue weighted by atomic mass is 16.5. The van der Waals surface area contributed by atoms with E-state index in [1.807, 2.05) is 4.57 Å². The SMILES string of the molecule is Cc1c(O)c(=O)ccn1CCCCCCN1CCOCC1. The van der Waals surface area contributed by atoms with Crippen LogP contribution in [0, 0.1) is 6.92 Å². The number of aromatic nitrogens is 1. The maximum Gasteiger partial charge on any atom is 0.223 e. The number of rotatable bonds is 7. The molecule has 0 amide bonds. The first-order valence-corrected chi connectivity index (χ1v) is 7.87. The topological polar surface area (TPSA) is 54.7 Å². The molecule has 5 heteroatoms. The Kier molecular flexibility index (Phi) is 6.26. The number of unbranched alkanes of at least 4 members (excludes halogenated alkanes) is 3. The maximum absolute atomic E-state index is 11.3. The van der Waals surface area contributed by atoms with Gasteiger partial charge in [0.1, 0.15) is 0 Å².